The molecule has 6 heteroatoms. The lowest BCUT2D eigenvalue weighted by molar-refractivity contribution is -0.139. The number of fused-ring (bicyclic) bond motifs is 5. The monoisotopic (exact) mass is 734 g/mol. The molecule has 0 bridgehead atoms. The van der Waals surface area contributed by atoms with E-state index in [1.165, 1.54) is 90.5 Å². The van der Waals surface area contributed by atoms with E-state index in [4.69, 9.17) is 14.2 Å². The molecule has 0 spiro atoms. The number of benzene rings is 4. The summed E-state index contributed by atoms with van der Waals surface area (Å²) in [7, 11) is 0. The maximum absolute atomic E-state index is 12.4. The highest BCUT2D eigenvalue weighted by Gasteiger charge is 2.23. The van der Waals surface area contributed by atoms with Crippen LogP contribution in [0.2, 0.25) is 0 Å². The summed E-state index contributed by atoms with van der Waals surface area (Å²) in [6, 6.07) is 24.4. The molecule has 5 rings (SSSR count). The van der Waals surface area contributed by atoms with Crippen LogP contribution in [0.25, 0.3) is 21.5 Å². The van der Waals surface area contributed by atoms with Crippen molar-refractivity contribution in [1.82, 2.24) is 0 Å². The summed E-state index contributed by atoms with van der Waals surface area (Å²) < 4.78 is 16.0. The standard InChI is InChI=1S/C24H38O4.C24H24O2/c1-3-5-7-9-11-15-19-27-23(25)21-17-13-14-18-22(21)24(26)28-20-16-12-10-8-6-4-2;1-16(2)24(25)26-15-14-18-7-5-9-21-20(18)12-13-22-19-8-4-3-6-17(19)10-11-23(21)22/h13-14,17-18H,3-12,15-16,19-20H2,1-2H3;3-4,6,8,10-13,18H,1,5,7,9,14-15H2,2H3. The molecule has 0 aromatic heterocycles. The van der Waals surface area contributed by atoms with E-state index in [1.807, 2.05) is 0 Å². The molecule has 1 unspecified atom stereocenters. The van der Waals surface area contributed by atoms with Crippen molar-refractivity contribution in [3.63, 3.8) is 0 Å². The molecule has 54 heavy (non-hydrogen) atoms. The molecule has 4 aromatic carbocycles. The summed E-state index contributed by atoms with van der Waals surface area (Å²) in [6.07, 6.45) is 18.0. The quantitative estimate of drug-likeness (QED) is 0.0296. The largest absolute Gasteiger partial charge is 0.462 e. The van der Waals surface area contributed by atoms with E-state index in [9.17, 15) is 14.4 Å². The molecule has 290 valence electrons. The Morgan fingerprint density at radius 2 is 1.17 bits per heavy atom. The normalized spacial score (nSPS) is 13.4. The molecular formula is C48H62O6. The average Bonchev–Trinajstić information content (AvgIpc) is 3.20. The third-order valence-corrected chi connectivity index (χ3v) is 10.4. The van der Waals surface area contributed by atoms with Crippen molar-refractivity contribution >= 4 is 39.5 Å². The molecule has 0 saturated carbocycles. The highest BCUT2D eigenvalue weighted by atomic mass is 16.5. The van der Waals surface area contributed by atoms with Gasteiger partial charge >= 0.3 is 17.9 Å². The minimum Gasteiger partial charge on any atom is -0.462 e. The SMILES string of the molecule is C=C(C)C(=O)OCCC1CCCc2c1ccc1c2ccc2ccccc21.CCCCCCCCOC(=O)c1ccccc1C(=O)OCCCCCCCC. The van der Waals surface area contributed by atoms with E-state index >= 15 is 0 Å². The van der Waals surface area contributed by atoms with Crippen LogP contribution >= 0.6 is 0 Å². The van der Waals surface area contributed by atoms with Gasteiger partial charge in [-0.05, 0) is 96.2 Å². The van der Waals surface area contributed by atoms with Gasteiger partial charge in [-0.15, -0.1) is 0 Å². The Balaban J connectivity index is 0.000000241. The molecule has 4 aromatic rings. The molecule has 1 aliphatic carbocycles. The van der Waals surface area contributed by atoms with Gasteiger partial charge in [-0.25, -0.2) is 14.4 Å². The fourth-order valence-corrected chi connectivity index (χ4v) is 7.32. The van der Waals surface area contributed by atoms with Crippen LogP contribution in [-0.2, 0) is 25.4 Å². The third kappa shape index (κ3) is 12.8. The topological polar surface area (TPSA) is 78.9 Å². The molecule has 0 saturated heterocycles. The number of rotatable bonds is 20. The second kappa shape index (κ2) is 23.4. The van der Waals surface area contributed by atoms with Crippen LogP contribution in [0.3, 0.4) is 0 Å². The summed E-state index contributed by atoms with van der Waals surface area (Å²) in [5, 5.41) is 5.34. The van der Waals surface area contributed by atoms with E-state index in [0.29, 0.717) is 42.4 Å². The predicted octanol–water partition coefficient (Wildman–Crippen LogP) is 12.6. The van der Waals surface area contributed by atoms with E-state index in [0.717, 1.165) is 44.9 Å². The summed E-state index contributed by atoms with van der Waals surface area (Å²) in [6.45, 7) is 11.0. The van der Waals surface area contributed by atoms with Crippen LogP contribution in [0, 0.1) is 0 Å². The van der Waals surface area contributed by atoms with Gasteiger partial charge in [-0.3, -0.25) is 0 Å². The molecule has 0 heterocycles. The van der Waals surface area contributed by atoms with E-state index < -0.39 is 11.9 Å². The second-order valence-electron chi connectivity index (χ2n) is 14.7. The van der Waals surface area contributed by atoms with Gasteiger partial charge in [0.15, 0.2) is 0 Å². The molecule has 0 amide bonds. The van der Waals surface area contributed by atoms with Crippen LogP contribution in [0.1, 0.15) is 155 Å². The number of esters is 3. The Morgan fingerprint density at radius 1 is 0.611 bits per heavy atom. The van der Waals surface area contributed by atoms with Crippen LogP contribution in [0.5, 0.6) is 0 Å². The Labute approximate surface area is 323 Å². The Bertz CT molecular complexity index is 1760. The number of aryl methyl sites for hydroxylation is 1. The van der Waals surface area contributed by atoms with Crippen molar-refractivity contribution in [2.24, 2.45) is 0 Å². The second-order valence-corrected chi connectivity index (χ2v) is 14.7. The van der Waals surface area contributed by atoms with Crippen molar-refractivity contribution < 1.29 is 28.6 Å². The van der Waals surface area contributed by atoms with Crippen molar-refractivity contribution in [3.8, 4) is 0 Å². The minimum absolute atomic E-state index is 0.286. The third-order valence-electron chi connectivity index (χ3n) is 10.4. The van der Waals surface area contributed by atoms with Gasteiger partial charge in [0.05, 0.1) is 30.9 Å². The number of hydrogen-bond donors (Lipinski definition) is 0. The molecule has 1 atom stereocenters. The average molecular weight is 735 g/mol. The van der Waals surface area contributed by atoms with Crippen molar-refractivity contribution in [1.29, 1.82) is 0 Å². The molecule has 0 radical (unpaired) electrons. The van der Waals surface area contributed by atoms with Gasteiger partial charge in [0.1, 0.15) is 0 Å². The van der Waals surface area contributed by atoms with E-state index in [-0.39, 0.29) is 5.97 Å². The number of carbonyl (C=O) groups excluding carboxylic acids is 3. The lowest BCUT2D eigenvalue weighted by Crippen LogP contribution is -2.15. The Morgan fingerprint density at radius 3 is 1.78 bits per heavy atom. The zero-order valence-corrected chi connectivity index (χ0v) is 33.1. The van der Waals surface area contributed by atoms with Gasteiger partial charge in [-0.1, -0.05) is 145 Å². The van der Waals surface area contributed by atoms with Crippen molar-refractivity contribution in [2.45, 2.75) is 129 Å². The molecule has 6 nitrogen and oxygen atoms in total. The lowest BCUT2D eigenvalue weighted by atomic mass is 9.79. The first-order chi connectivity index (χ1) is 26.3. The van der Waals surface area contributed by atoms with Gasteiger partial charge in [-0.2, -0.15) is 0 Å². The molecule has 0 N–H and O–H groups in total. The van der Waals surface area contributed by atoms with Gasteiger partial charge < -0.3 is 14.2 Å². The van der Waals surface area contributed by atoms with Gasteiger partial charge in [0.2, 0.25) is 0 Å². The lowest BCUT2D eigenvalue weighted by Gasteiger charge is -2.27. The molecule has 1 aliphatic rings. The highest BCUT2D eigenvalue weighted by molar-refractivity contribution is 6.09. The molecule has 0 aliphatic heterocycles. The summed E-state index contributed by atoms with van der Waals surface area (Å²) in [4.78, 5) is 36.3. The number of hydrogen-bond acceptors (Lipinski definition) is 6. The predicted molar refractivity (Wildman–Crippen MR) is 221 cm³/mol. The first-order valence-electron chi connectivity index (χ1n) is 20.5. The highest BCUT2D eigenvalue weighted by Crippen LogP contribution is 2.39. The van der Waals surface area contributed by atoms with Crippen LogP contribution < -0.4 is 0 Å². The number of unbranched alkanes of at least 4 members (excludes halogenated alkanes) is 10. The molecule has 0 fully saturated rings. The van der Waals surface area contributed by atoms with Crippen molar-refractivity contribution in [2.75, 3.05) is 19.8 Å². The number of carbonyl (C=O) groups is 3. The van der Waals surface area contributed by atoms with Gasteiger partial charge in [0, 0.05) is 5.57 Å². The fraction of sp³-hybridized carbons (Fsp3) is 0.479. The Kier molecular flexibility index (Phi) is 18.3. The van der Waals surface area contributed by atoms with E-state index in [1.54, 1.807) is 31.2 Å². The maximum Gasteiger partial charge on any atom is 0.339 e. The zero-order valence-electron chi connectivity index (χ0n) is 33.1. The van der Waals surface area contributed by atoms with Crippen LogP contribution in [0.4, 0.5) is 0 Å². The van der Waals surface area contributed by atoms with E-state index in [2.05, 4.69) is 69.0 Å². The summed E-state index contributed by atoms with van der Waals surface area (Å²) in [5.41, 5.74) is 3.97. The minimum atomic E-state index is -0.444. The first kappa shape index (κ1) is 42.3. The van der Waals surface area contributed by atoms with Crippen LogP contribution in [-0.4, -0.2) is 37.7 Å². The first-order valence-corrected chi connectivity index (χ1v) is 20.5. The fourth-order valence-electron chi connectivity index (χ4n) is 7.32. The van der Waals surface area contributed by atoms with Crippen LogP contribution in [0.15, 0.2) is 84.9 Å². The molecular weight excluding hydrogens is 673 g/mol. The maximum atomic E-state index is 12.4. The summed E-state index contributed by atoms with van der Waals surface area (Å²) >= 11 is 0. The van der Waals surface area contributed by atoms with Crippen molar-refractivity contribution in [3.05, 3.63) is 107 Å². The Hall–Kier alpha value is -4.45. The smallest absolute Gasteiger partial charge is 0.339 e. The summed E-state index contributed by atoms with van der Waals surface area (Å²) in [5.74, 6) is -0.708. The number of ether oxygens (including phenoxy) is 3. The van der Waals surface area contributed by atoms with Gasteiger partial charge in [0.25, 0.3) is 0 Å². The zero-order chi connectivity index (χ0) is 38.5.